The van der Waals surface area contributed by atoms with Crippen LogP contribution in [0.25, 0.3) is 0 Å². The van der Waals surface area contributed by atoms with Crippen LogP contribution in [0.5, 0.6) is 11.5 Å². The second kappa shape index (κ2) is 7.05. The van der Waals surface area contributed by atoms with Gasteiger partial charge in [0.2, 0.25) is 0 Å². The lowest BCUT2D eigenvalue weighted by molar-refractivity contribution is 0.354. The molecule has 0 aliphatic carbocycles. The average molecular weight is 371 g/mol. The number of aryl methyl sites for hydroxylation is 1. The second-order valence-corrected chi connectivity index (χ2v) is 5.88. The predicted molar refractivity (Wildman–Crippen MR) is 90.8 cm³/mol. The highest BCUT2D eigenvalue weighted by molar-refractivity contribution is 9.10. The van der Waals surface area contributed by atoms with Crippen molar-refractivity contribution in [3.05, 3.63) is 51.0 Å². The van der Waals surface area contributed by atoms with E-state index in [1.165, 1.54) is 0 Å². The van der Waals surface area contributed by atoms with Gasteiger partial charge in [-0.1, -0.05) is 33.6 Å². The number of nitrogens with one attached hydrogen (secondary N) is 1. The molecule has 0 aliphatic rings. The molecule has 0 fully saturated rings. The van der Waals surface area contributed by atoms with Crippen LogP contribution in [-0.4, -0.2) is 14.2 Å². The Bertz CT molecular complexity index is 646. The minimum Gasteiger partial charge on any atom is -0.493 e. The van der Waals surface area contributed by atoms with Gasteiger partial charge in [-0.05, 0) is 42.3 Å². The first-order valence-corrected chi connectivity index (χ1v) is 7.62. The number of hydrogen-bond acceptors (Lipinski definition) is 3. The highest BCUT2D eigenvalue weighted by atomic mass is 79.9. The van der Waals surface area contributed by atoms with Gasteiger partial charge in [0, 0.05) is 21.7 Å². The van der Waals surface area contributed by atoms with Gasteiger partial charge in [0.25, 0.3) is 0 Å². The molecule has 21 heavy (non-hydrogen) atoms. The molecular formula is C16H17BrClNO2. The van der Waals surface area contributed by atoms with Crippen LogP contribution in [0, 0.1) is 6.92 Å². The molecule has 0 spiro atoms. The van der Waals surface area contributed by atoms with E-state index >= 15 is 0 Å². The maximum absolute atomic E-state index is 6.13. The molecule has 5 heteroatoms. The van der Waals surface area contributed by atoms with Gasteiger partial charge in [0.05, 0.1) is 14.2 Å². The Labute approximate surface area is 138 Å². The lowest BCUT2D eigenvalue weighted by Crippen LogP contribution is -2.02. The Morgan fingerprint density at radius 1 is 1.10 bits per heavy atom. The van der Waals surface area contributed by atoms with Crippen molar-refractivity contribution in [3.8, 4) is 11.5 Å². The molecule has 2 rings (SSSR count). The van der Waals surface area contributed by atoms with Crippen molar-refractivity contribution in [3.63, 3.8) is 0 Å². The van der Waals surface area contributed by atoms with Crippen molar-refractivity contribution >= 4 is 33.2 Å². The first kappa shape index (κ1) is 16.0. The van der Waals surface area contributed by atoms with E-state index in [0.717, 1.165) is 26.3 Å². The molecule has 0 aliphatic heterocycles. The topological polar surface area (TPSA) is 30.5 Å². The Morgan fingerprint density at radius 3 is 2.38 bits per heavy atom. The Kier molecular flexibility index (Phi) is 5.37. The minimum absolute atomic E-state index is 0.653. The maximum atomic E-state index is 6.13. The Hall–Kier alpha value is -1.39. The number of rotatable bonds is 5. The van der Waals surface area contributed by atoms with Crippen LogP contribution in [0.1, 0.15) is 11.1 Å². The standard InChI is InChI=1S/C16H17BrClNO2/c1-10-4-5-12(7-14(10)18)19-9-11-6-15(20-2)16(21-3)8-13(11)17/h4-8,19H,9H2,1-3H3. The van der Waals surface area contributed by atoms with Gasteiger partial charge in [-0.25, -0.2) is 0 Å². The van der Waals surface area contributed by atoms with Crippen LogP contribution in [0.2, 0.25) is 5.02 Å². The van der Waals surface area contributed by atoms with Crippen LogP contribution >= 0.6 is 27.5 Å². The summed E-state index contributed by atoms with van der Waals surface area (Å²) >= 11 is 9.68. The van der Waals surface area contributed by atoms with E-state index in [-0.39, 0.29) is 0 Å². The molecule has 0 amide bonds. The van der Waals surface area contributed by atoms with Crippen LogP contribution < -0.4 is 14.8 Å². The molecule has 2 aromatic rings. The van der Waals surface area contributed by atoms with Crippen molar-refractivity contribution in [2.45, 2.75) is 13.5 Å². The molecule has 0 radical (unpaired) electrons. The zero-order valence-electron chi connectivity index (χ0n) is 12.2. The smallest absolute Gasteiger partial charge is 0.161 e. The molecule has 112 valence electrons. The summed E-state index contributed by atoms with van der Waals surface area (Å²) in [4.78, 5) is 0. The molecule has 0 aromatic heterocycles. The van der Waals surface area contributed by atoms with E-state index in [2.05, 4.69) is 21.2 Å². The molecule has 0 heterocycles. The zero-order chi connectivity index (χ0) is 15.4. The summed E-state index contributed by atoms with van der Waals surface area (Å²) in [5.41, 5.74) is 3.12. The summed E-state index contributed by atoms with van der Waals surface area (Å²) in [6.45, 7) is 2.64. The van der Waals surface area contributed by atoms with Gasteiger partial charge in [-0.3, -0.25) is 0 Å². The molecule has 0 unspecified atom stereocenters. The van der Waals surface area contributed by atoms with Crippen molar-refractivity contribution in [2.24, 2.45) is 0 Å². The zero-order valence-corrected chi connectivity index (χ0v) is 14.5. The van der Waals surface area contributed by atoms with Crippen molar-refractivity contribution in [2.75, 3.05) is 19.5 Å². The number of benzene rings is 2. The quantitative estimate of drug-likeness (QED) is 0.800. The highest BCUT2D eigenvalue weighted by Gasteiger charge is 2.09. The average Bonchev–Trinajstić information content (AvgIpc) is 2.49. The minimum atomic E-state index is 0.653. The molecular weight excluding hydrogens is 354 g/mol. The molecule has 1 N–H and O–H groups in total. The van der Waals surface area contributed by atoms with Gasteiger partial charge in [0.1, 0.15) is 0 Å². The summed E-state index contributed by atoms with van der Waals surface area (Å²) in [5, 5.41) is 4.10. The van der Waals surface area contributed by atoms with Gasteiger partial charge in [-0.2, -0.15) is 0 Å². The number of ether oxygens (including phenoxy) is 2. The molecule has 0 bridgehead atoms. The summed E-state index contributed by atoms with van der Waals surface area (Å²) in [5.74, 6) is 1.41. The molecule has 2 aromatic carbocycles. The first-order valence-electron chi connectivity index (χ1n) is 6.45. The third kappa shape index (κ3) is 3.83. The van der Waals surface area contributed by atoms with Crippen molar-refractivity contribution < 1.29 is 9.47 Å². The fraction of sp³-hybridized carbons (Fsp3) is 0.250. The summed E-state index contributed by atoms with van der Waals surface area (Å²) < 4.78 is 11.6. The summed E-state index contributed by atoms with van der Waals surface area (Å²) in [7, 11) is 3.25. The monoisotopic (exact) mass is 369 g/mol. The normalized spacial score (nSPS) is 10.3. The first-order chi connectivity index (χ1) is 10.0. The van der Waals surface area contributed by atoms with E-state index in [0.29, 0.717) is 18.0 Å². The van der Waals surface area contributed by atoms with E-state index in [1.807, 2.05) is 37.3 Å². The molecule has 0 saturated carbocycles. The Morgan fingerprint density at radius 2 is 1.76 bits per heavy atom. The maximum Gasteiger partial charge on any atom is 0.161 e. The van der Waals surface area contributed by atoms with Crippen molar-refractivity contribution in [1.82, 2.24) is 0 Å². The van der Waals surface area contributed by atoms with Gasteiger partial charge >= 0.3 is 0 Å². The third-order valence-electron chi connectivity index (χ3n) is 3.21. The van der Waals surface area contributed by atoms with Crippen LogP contribution in [0.3, 0.4) is 0 Å². The third-order valence-corrected chi connectivity index (χ3v) is 4.35. The summed E-state index contributed by atoms with van der Waals surface area (Å²) in [6.07, 6.45) is 0. The number of hydrogen-bond donors (Lipinski definition) is 1. The van der Waals surface area contributed by atoms with Gasteiger partial charge in [0.15, 0.2) is 11.5 Å². The number of halogens is 2. The van der Waals surface area contributed by atoms with Gasteiger partial charge < -0.3 is 14.8 Å². The van der Waals surface area contributed by atoms with Crippen molar-refractivity contribution in [1.29, 1.82) is 0 Å². The predicted octanol–water partition coefficient (Wildman–Crippen LogP) is 5.04. The fourth-order valence-electron chi connectivity index (χ4n) is 1.93. The fourth-order valence-corrected chi connectivity index (χ4v) is 2.57. The van der Waals surface area contributed by atoms with Crippen LogP contribution in [0.15, 0.2) is 34.8 Å². The number of methoxy groups -OCH3 is 2. The molecule has 0 atom stereocenters. The molecule has 0 saturated heterocycles. The number of anilines is 1. The lowest BCUT2D eigenvalue weighted by Gasteiger charge is -2.13. The molecule has 3 nitrogen and oxygen atoms in total. The van der Waals surface area contributed by atoms with E-state index in [9.17, 15) is 0 Å². The van der Waals surface area contributed by atoms with E-state index < -0.39 is 0 Å². The van der Waals surface area contributed by atoms with E-state index in [4.69, 9.17) is 21.1 Å². The second-order valence-electron chi connectivity index (χ2n) is 4.62. The van der Waals surface area contributed by atoms with Gasteiger partial charge in [-0.15, -0.1) is 0 Å². The van der Waals surface area contributed by atoms with Crippen LogP contribution in [0.4, 0.5) is 5.69 Å². The SMILES string of the molecule is COc1cc(Br)c(CNc2ccc(C)c(Cl)c2)cc1OC. The Balaban J connectivity index is 2.17. The van der Waals surface area contributed by atoms with Crippen LogP contribution in [-0.2, 0) is 6.54 Å². The highest BCUT2D eigenvalue weighted by Crippen LogP contribution is 2.33. The summed E-state index contributed by atoms with van der Waals surface area (Å²) in [6, 6.07) is 9.78. The largest absolute Gasteiger partial charge is 0.493 e. The van der Waals surface area contributed by atoms with E-state index in [1.54, 1.807) is 14.2 Å². The lowest BCUT2D eigenvalue weighted by atomic mass is 10.2.